The van der Waals surface area contributed by atoms with Crippen molar-refractivity contribution in [2.24, 2.45) is 10.9 Å². The van der Waals surface area contributed by atoms with Crippen LogP contribution in [0.15, 0.2) is 29.3 Å². The molecule has 2 N–H and O–H groups in total. The fourth-order valence-electron chi connectivity index (χ4n) is 2.24. The minimum Gasteiger partial charge on any atom is -0.497 e. The summed E-state index contributed by atoms with van der Waals surface area (Å²) < 4.78 is 5.19. The molecular formula is C19H33IN4O2S. The lowest BCUT2D eigenvalue weighted by Crippen LogP contribution is -2.41. The number of likely N-dealkylation sites (N-methyl/N-ethyl adjacent to an activating group) is 1. The molecule has 0 spiro atoms. The largest absolute Gasteiger partial charge is 0.497 e. The van der Waals surface area contributed by atoms with Gasteiger partial charge in [-0.15, -0.1) is 24.0 Å². The van der Waals surface area contributed by atoms with Crippen molar-refractivity contribution in [2.45, 2.75) is 13.3 Å². The van der Waals surface area contributed by atoms with Gasteiger partial charge in [0, 0.05) is 32.9 Å². The van der Waals surface area contributed by atoms with Gasteiger partial charge in [0.1, 0.15) is 12.3 Å². The topological polar surface area (TPSA) is 66.0 Å². The van der Waals surface area contributed by atoms with Crippen molar-refractivity contribution in [1.29, 1.82) is 0 Å². The van der Waals surface area contributed by atoms with Gasteiger partial charge < -0.3 is 20.3 Å². The minimum atomic E-state index is -0.0118. The fourth-order valence-corrected chi connectivity index (χ4v) is 2.55. The molecule has 8 heteroatoms. The van der Waals surface area contributed by atoms with Crippen molar-refractivity contribution in [3.63, 3.8) is 0 Å². The lowest BCUT2D eigenvalue weighted by molar-refractivity contribution is -0.127. The quantitative estimate of drug-likeness (QED) is 0.220. The Kier molecular flexibility index (Phi) is 14.2. The standard InChI is InChI=1S/C19H32N4O2S.HI/c1-15(12-16-6-8-17(25-4)9-7-16)13-21-19(20-10-11-26-5)22-14-18(24)23(2)3;/h6-9,15H,10-14H2,1-5H3,(H2,20,21,22);1H. The van der Waals surface area contributed by atoms with Crippen LogP contribution in [0, 0.1) is 5.92 Å². The second kappa shape index (κ2) is 14.8. The molecule has 1 rings (SSSR count). The summed E-state index contributed by atoms with van der Waals surface area (Å²) >= 11 is 1.77. The van der Waals surface area contributed by atoms with Crippen molar-refractivity contribution in [3.8, 4) is 5.75 Å². The van der Waals surface area contributed by atoms with E-state index in [1.54, 1.807) is 37.9 Å². The predicted molar refractivity (Wildman–Crippen MR) is 127 cm³/mol. The Bertz CT molecular complexity index is 567. The number of carbonyl (C=O) groups is 1. The van der Waals surface area contributed by atoms with Crippen LogP contribution >= 0.6 is 35.7 Å². The molecule has 0 bridgehead atoms. The smallest absolute Gasteiger partial charge is 0.243 e. The van der Waals surface area contributed by atoms with Crippen molar-refractivity contribution in [3.05, 3.63) is 29.8 Å². The molecule has 0 saturated heterocycles. The zero-order valence-corrected chi connectivity index (χ0v) is 20.1. The monoisotopic (exact) mass is 508 g/mol. The maximum absolute atomic E-state index is 11.8. The van der Waals surface area contributed by atoms with Crippen molar-refractivity contribution in [2.75, 3.05) is 52.8 Å². The average molecular weight is 508 g/mol. The molecule has 1 aromatic rings. The Labute approximate surface area is 184 Å². The zero-order valence-electron chi connectivity index (χ0n) is 16.9. The van der Waals surface area contributed by atoms with Crippen LogP contribution in [-0.4, -0.2) is 69.6 Å². The van der Waals surface area contributed by atoms with Gasteiger partial charge in [0.25, 0.3) is 0 Å². The third-order valence-corrected chi connectivity index (χ3v) is 4.44. The lowest BCUT2D eigenvalue weighted by atomic mass is 10.0. The van der Waals surface area contributed by atoms with E-state index in [9.17, 15) is 4.79 Å². The number of methoxy groups -OCH3 is 1. The molecule has 0 aliphatic rings. The molecule has 1 aromatic carbocycles. The highest BCUT2D eigenvalue weighted by atomic mass is 127. The maximum atomic E-state index is 11.8. The average Bonchev–Trinajstić information content (AvgIpc) is 2.63. The van der Waals surface area contributed by atoms with Crippen LogP contribution in [0.1, 0.15) is 12.5 Å². The first-order chi connectivity index (χ1) is 12.5. The van der Waals surface area contributed by atoms with Crippen LogP contribution in [0.3, 0.4) is 0 Å². The first-order valence-corrected chi connectivity index (χ1v) is 10.2. The van der Waals surface area contributed by atoms with Gasteiger partial charge in [-0.25, -0.2) is 4.99 Å². The van der Waals surface area contributed by atoms with Gasteiger partial charge in [-0.3, -0.25) is 4.79 Å². The SMILES string of the molecule is COc1ccc(CC(C)CNC(=NCC(=O)N(C)C)NCCSC)cc1.I. The summed E-state index contributed by atoms with van der Waals surface area (Å²) in [5.74, 6) is 2.97. The number of hydrogen-bond donors (Lipinski definition) is 2. The van der Waals surface area contributed by atoms with E-state index in [1.807, 2.05) is 12.1 Å². The van der Waals surface area contributed by atoms with E-state index in [2.05, 4.69) is 40.9 Å². The van der Waals surface area contributed by atoms with Gasteiger partial charge in [0.15, 0.2) is 5.96 Å². The van der Waals surface area contributed by atoms with Crippen LogP contribution in [0.25, 0.3) is 0 Å². The molecule has 0 aliphatic carbocycles. The van der Waals surface area contributed by atoms with Gasteiger partial charge in [0.2, 0.25) is 5.91 Å². The van der Waals surface area contributed by atoms with Gasteiger partial charge in [0.05, 0.1) is 7.11 Å². The second-order valence-corrected chi connectivity index (χ2v) is 7.40. The summed E-state index contributed by atoms with van der Waals surface area (Å²) in [6, 6.07) is 8.16. The third kappa shape index (κ3) is 11.3. The van der Waals surface area contributed by atoms with E-state index in [-0.39, 0.29) is 36.4 Å². The number of nitrogens with one attached hydrogen (secondary N) is 2. The molecule has 6 nitrogen and oxygen atoms in total. The van der Waals surface area contributed by atoms with Crippen molar-refractivity contribution >= 4 is 47.6 Å². The molecule has 1 atom stereocenters. The number of hydrogen-bond acceptors (Lipinski definition) is 4. The number of nitrogens with zero attached hydrogens (tertiary/aromatic N) is 2. The van der Waals surface area contributed by atoms with E-state index >= 15 is 0 Å². The van der Waals surface area contributed by atoms with E-state index in [1.165, 1.54) is 5.56 Å². The molecule has 0 saturated carbocycles. The Morgan fingerprint density at radius 2 is 1.93 bits per heavy atom. The molecule has 0 heterocycles. The van der Waals surface area contributed by atoms with Gasteiger partial charge in [-0.2, -0.15) is 11.8 Å². The highest BCUT2D eigenvalue weighted by molar-refractivity contribution is 14.0. The number of ether oxygens (including phenoxy) is 1. The highest BCUT2D eigenvalue weighted by Gasteiger charge is 2.08. The first kappa shape index (κ1) is 25.8. The first-order valence-electron chi connectivity index (χ1n) is 8.80. The lowest BCUT2D eigenvalue weighted by Gasteiger charge is -2.17. The fraction of sp³-hybridized carbons (Fsp3) is 0.579. The summed E-state index contributed by atoms with van der Waals surface area (Å²) in [4.78, 5) is 17.7. The third-order valence-electron chi connectivity index (χ3n) is 3.83. The molecular weight excluding hydrogens is 475 g/mol. The number of thioether (sulfide) groups is 1. The summed E-state index contributed by atoms with van der Waals surface area (Å²) in [5, 5.41) is 6.63. The number of halogens is 1. The molecule has 0 aromatic heterocycles. The normalized spacial score (nSPS) is 12.0. The minimum absolute atomic E-state index is 0. The molecule has 1 amide bonds. The van der Waals surface area contributed by atoms with E-state index in [0.29, 0.717) is 11.9 Å². The van der Waals surface area contributed by atoms with Crippen molar-refractivity contribution < 1.29 is 9.53 Å². The Balaban J connectivity index is 0.00000676. The van der Waals surface area contributed by atoms with Crippen LogP contribution in [0.2, 0.25) is 0 Å². The summed E-state index contributed by atoms with van der Waals surface area (Å²) in [5.41, 5.74) is 1.27. The summed E-state index contributed by atoms with van der Waals surface area (Å²) in [7, 11) is 5.15. The molecule has 0 aliphatic heterocycles. The van der Waals surface area contributed by atoms with Gasteiger partial charge in [-0.1, -0.05) is 19.1 Å². The van der Waals surface area contributed by atoms with Crippen LogP contribution < -0.4 is 15.4 Å². The number of amides is 1. The molecule has 27 heavy (non-hydrogen) atoms. The molecule has 0 fully saturated rings. The van der Waals surface area contributed by atoms with Crippen LogP contribution in [0.5, 0.6) is 5.75 Å². The van der Waals surface area contributed by atoms with Crippen LogP contribution in [-0.2, 0) is 11.2 Å². The number of benzene rings is 1. The second-order valence-electron chi connectivity index (χ2n) is 6.41. The maximum Gasteiger partial charge on any atom is 0.243 e. The van der Waals surface area contributed by atoms with E-state index in [4.69, 9.17) is 4.74 Å². The zero-order chi connectivity index (χ0) is 19.4. The summed E-state index contributed by atoms with van der Waals surface area (Å²) in [6.07, 6.45) is 3.03. The van der Waals surface area contributed by atoms with E-state index in [0.717, 1.165) is 31.0 Å². The predicted octanol–water partition coefficient (Wildman–Crippen LogP) is 2.48. The molecule has 1 unspecified atom stereocenters. The molecule has 0 radical (unpaired) electrons. The number of aliphatic imine (C=N–C) groups is 1. The van der Waals surface area contributed by atoms with E-state index < -0.39 is 0 Å². The number of rotatable bonds is 10. The summed E-state index contributed by atoms with van der Waals surface area (Å²) in [6.45, 7) is 3.94. The Morgan fingerprint density at radius 1 is 1.26 bits per heavy atom. The van der Waals surface area contributed by atoms with Crippen molar-refractivity contribution in [1.82, 2.24) is 15.5 Å². The molecule has 154 valence electrons. The van der Waals surface area contributed by atoms with Gasteiger partial charge >= 0.3 is 0 Å². The number of guanidine groups is 1. The van der Waals surface area contributed by atoms with Crippen LogP contribution in [0.4, 0.5) is 0 Å². The highest BCUT2D eigenvalue weighted by Crippen LogP contribution is 2.14. The Hall–Kier alpha value is -1.16. The Morgan fingerprint density at radius 3 is 2.48 bits per heavy atom. The van der Waals surface area contributed by atoms with Gasteiger partial charge in [-0.05, 0) is 36.3 Å². The number of carbonyl (C=O) groups excluding carboxylic acids is 1.